The summed E-state index contributed by atoms with van der Waals surface area (Å²) in [5.41, 5.74) is 1.35. The highest BCUT2D eigenvalue weighted by Gasteiger charge is 2.07. The van der Waals surface area contributed by atoms with Crippen LogP contribution in [0.5, 0.6) is 0 Å². The fourth-order valence-corrected chi connectivity index (χ4v) is 4.79. The van der Waals surface area contributed by atoms with E-state index in [2.05, 4.69) is 96.2 Å². The van der Waals surface area contributed by atoms with Gasteiger partial charge in [-0.15, -0.1) is 0 Å². The number of unbranched alkanes of at least 4 members (excludes halogenated alkanes) is 2. The van der Waals surface area contributed by atoms with E-state index in [1.807, 2.05) is 0 Å². The van der Waals surface area contributed by atoms with Crippen LogP contribution in [0.4, 0.5) is 0 Å². The molecule has 2 unspecified atom stereocenters. The molecule has 230 valence electrons. The van der Waals surface area contributed by atoms with Crippen molar-refractivity contribution in [2.75, 3.05) is 6.61 Å². The first kappa shape index (κ1) is 38.2. The number of rotatable bonds is 26. The maximum Gasteiger partial charge on any atom is 0.306 e. The summed E-state index contributed by atoms with van der Waals surface area (Å²) in [7, 11) is 0. The first-order valence-corrected chi connectivity index (χ1v) is 16.8. The molecule has 0 saturated carbocycles. The summed E-state index contributed by atoms with van der Waals surface area (Å²) in [6.45, 7) is 14.2. The fourth-order valence-electron chi connectivity index (χ4n) is 4.79. The minimum atomic E-state index is -0.0683. The summed E-state index contributed by atoms with van der Waals surface area (Å²) in [6.07, 6.45) is 39.4. The standard InChI is InChI=1S/C38H66O2/c1-7-8-9-10-11-12-13-14-15-16-17-18-19-20-21-31-38(39)40-33-32-37(6)30-24-29-36(5)28-23-27-35(4)26-22-25-34(2)3/h8-9,11-12,14-15,17-18,32,34-36H,7,10,13,16,19-31,33H2,1-6H3/b9-8-,12-11-,15-14-,18-17-,37-32+. The summed E-state index contributed by atoms with van der Waals surface area (Å²) < 4.78 is 5.42. The van der Waals surface area contributed by atoms with Crippen LogP contribution in [0.2, 0.25) is 0 Å². The number of hydrogen-bond acceptors (Lipinski definition) is 2. The number of ether oxygens (including phenoxy) is 1. The Labute approximate surface area is 250 Å². The van der Waals surface area contributed by atoms with Crippen molar-refractivity contribution >= 4 is 5.97 Å². The van der Waals surface area contributed by atoms with Crippen molar-refractivity contribution in [1.82, 2.24) is 0 Å². The minimum absolute atomic E-state index is 0.0683. The Kier molecular flexibility index (Phi) is 27.4. The minimum Gasteiger partial charge on any atom is -0.461 e. The molecule has 0 aliphatic rings. The van der Waals surface area contributed by atoms with Crippen molar-refractivity contribution in [2.24, 2.45) is 17.8 Å². The Morgan fingerprint density at radius 3 is 1.73 bits per heavy atom. The lowest BCUT2D eigenvalue weighted by Crippen LogP contribution is -2.04. The van der Waals surface area contributed by atoms with Gasteiger partial charge in [0.05, 0.1) is 0 Å². The number of allylic oxidation sites excluding steroid dienone is 9. The number of esters is 1. The Morgan fingerprint density at radius 2 is 1.15 bits per heavy atom. The Morgan fingerprint density at radius 1 is 0.625 bits per heavy atom. The molecular weight excluding hydrogens is 488 g/mol. The Balaban J connectivity index is 3.70. The van der Waals surface area contributed by atoms with Crippen LogP contribution in [0.3, 0.4) is 0 Å². The lowest BCUT2D eigenvalue weighted by molar-refractivity contribution is -0.142. The number of carbonyl (C=O) groups is 1. The van der Waals surface area contributed by atoms with Gasteiger partial charge in [0.2, 0.25) is 0 Å². The van der Waals surface area contributed by atoms with Crippen LogP contribution < -0.4 is 0 Å². The van der Waals surface area contributed by atoms with E-state index >= 15 is 0 Å². The van der Waals surface area contributed by atoms with E-state index in [-0.39, 0.29) is 5.97 Å². The Bertz CT molecular complexity index is 722. The maximum atomic E-state index is 12.0. The molecule has 0 spiro atoms. The highest BCUT2D eigenvalue weighted by Crippen LogP contribution is 2.22. The van der Waals surface area contributed by atoms with Gasteiger partial charge in [-0.1, -0.05) is 134 Å². The van der Waals surface area contributed by atoms with Crippen LogP contribution in [0.1, 0.15) is 151 Å². The first-order chi connectivity index (χ1) is 19.3. The van der Waals surface area contributed by atoms with E-state index in [1.54, 1.807) is 0 Å². The van der Waals surface area contributed by atoms with Gasteiger partial charge >= 0.3 is 5.97 Å². The zero-order chi connectivity index (χ0) is 29.7. The lowest BCUT2D eigenvalue weighted by Gasteiger charge is -2.15. The van der Waals surface area contributed by atoms with Gasteiger partial charge in [-0.05, 0) is 88.5 Å². The van der Waals surface area contributed by atoms with Crippen molar-refractivity contribution in [2.45, 2.75) is 151 Å². The van der Waals surface area contributed by atoms with Gasteiger partial charge in [0, 0.05) is 6.42 Å². The van der Waals surface area contributed by atoms with Gasteiger partial charge in [0.15, 0.2) is 0 Å². The molecule has 0 saturated heterocycles. The lowest BCUT2D eigenvalue weighted by atomic mass is 9.91. The SMILES string of the molecule is CC/C=C\C/C=C\C/C=C\C/C=C\CCCCC(=O)OC/C=C(\C)CCCC(C)CCCC(C)CCCC(C)C. The highest BCUT2D eigenvalue weighted by atomic mass is 16.5. The third-order valence-electron chi connectivity index (χ3n) is 7.54. The molecule has 0 aromatic heterocycles. The van der Waals surface area contributed by atoms with E-state index in [0.717, 1.165) is 69.1 Å². The van der Waals surface area contributed by atoms with Crippen molar-refractivity contribution < 1.29 is 9.53 Å². The molecule has 0 fully saturated rings. The molecule has 2 heteroatoms. The second-order valence-electron chi connectivity index (χ2n) is 12.3. The molecule has 0 amide bonds. The molecule has 0 aliphatic carbocycles. The average molecular weight is 555 g/mol. The molecule has 0 aromatic carbocycles. The normalized spacial score (nSPS) is 14.4. The van der Waals surface area contributed by atoms with Gasteiger partial charge in [0.25, 0.3) is 0 Å². The second-order valence-corrected chi connectivity index (χ2v) is 12.3. The van der Waals surface area contributed by atoms with E-state index < -0.39 is 0 Å². The largest absolute Gasteiger partial charge is 0.461 e. The molecule has 0 radical (unpaired) electrons. The summed E-state index contributed by atoms with van der Waals surface area (Å²) in [6, 6.07) is 0. The van der Waals surface area contributed by atoms with Crippen LogP contribution in [0, 0.1) is 17.8 Å². The quantitative estimate of drug-likeness (QED) is 0.0603. The average Bonchev–Trinajstić information content (AvgIpc) is 2.90. The topological polar surface area (TPSA) is 26.3 Å². The zero-order valence-electron chi connectivity index (χ0n) is 27.5. The van der Waals surface area contributed by atoms with Crippen molar-refractivity contribution in [3.05, 3.63) is 60.3 Å². The zero-order valence-corrected chi connectivity index (χ0v) is 27.5. The molecule has 2 nitrogen and oxygen atoms in total. The van der Waals surface area contributed by atoms with Crippen molar-refractivity contribution in [1.29, 1.82) is 0 Å². The van der Waals surface area contributed by atoms with Gasteiger partial charge in [-0.25, -0.2) is 0 Å². The van der Waals surface area contributed by atoms with Crippen LogP contribution in [-0.4, -0.2) is 12.6 Å². The highest BCUT2D eigenvalue weighted by molar-refractivity contribution is 5.69. The van der Waals surface area contributed by atoms with E-state index in [0.29, 0.717) is 13.0 Å². The molecule has 40 heavy (non-hydrogen) atoms. The third kappa shape index (κ3) is 29.2. The van der Waals surface area contributed by atoms with Gasteiger partial charge in [-0.2, -0.15) is 0 Å². The van der Waals surface area contributed by atoms with Gasteiger partial charge in [-0.3, -0.25) is 4.79 Å². The molecule has 0 aromatic rings. The van der Waals surface area contributed by atoms with Gasteiger partial charge < -0.3 is 4.74 Å². The molecule has 0 bridgehead atoms. The number of carbonyl (C=O) groups excluding carboxylic acids is 1. The summed E-state index contributed by atoms with van der Waals surface area (Å²) in [4.78, 5) is 12.0. The maximum absolute atomic E-state index is 12.0. The van der Waals surface area contributed by atoms with E-state index in [1.165, 1.54) is 56.9 Å². The van der Waals surface area contributed by atoms with Crippen molar-refractivity contribution in [3.63, 3.8) is 0 Å². The fraction of sp³-hybridized carbons (Fsp3) is 0.711. The van der Waals surface area contributed by atoms with Crippen molar-refractivity contribution in [3.8, 4) is 0 Å². The number of hydrogen-bond donors (Lipinski definition) is 0. The second kappa shape index (κ2) is 28.7. The van der Waals surface area contributed by atoms with E-state index in [9.17, 15) is 4.79 Å². The smallest absolute Gasteiger partial charge is 0.306 e. The van der Waals surface area contributed by atoms with Crippen LogP contribution in [0.25, 0.3) is 0 Å². The summed E-state index contributed by atoms with van der Waals surface area (Å²) in [5.74, 6) is 2.46. The summed E-state index contributed by atoms with van der Waals surface area (Å²) in [5, 5.41) is 0. The van der Waals surface area contributed by atoms with Gasteiger partial charge in [0.1, 0.15) is 6.61 Å². The molecule has 0 rings (SSSR count). The van der Waals surface area contributed by atoms with Crippen LogP contribution >= 0.6 is 0 Å². The predicted molar refractivity (Wildman–Crippen MR) is 179 cm³/mol. The molecular formula is C38H66O2. The molecule has 0 heterocycles. The molecule has 2 atom stereocenters. The monoisotopic (exact) mass is 555 g/mol. The van der Waals surface area contributed by atoms with E-state index in [4.69, 9.17) is 4.74 Å². The third-order valence-corrected chi connectivity index (χ3v) is 7.54. The summed E-state index contributed by atoms with van der Waals surface area (Å²) >= 11 is 0. The predicted octanol–water partition coefficient (Wildman–Crippen LogP) is 12.3. The Hall–Kier alpha value is -1.83. The molecule has 0 aliphatic heterocycles. The first-order valence-electron chi connectivity index (χ1n) is 16.8. The molecule has 0 N–H and O–H groups in total. The van der Waals surface area contributed by atoms with Crippen LogP contribution in [-0.2, 0) is 9.53 Å². The van der Waals surface area contributed by atoms with Crippen LogP contribution in [0.15, 0.2) is 60.3 Å².